The van der Waals surface area contributed by atoms with Crippen LogP contribution in [0.2, 0.25) is 0 Å². The molecule has 0 bridgehead atoms. The van der Waals surface area contributed by atoms with Crippen molar-refractivity contribution in [2.75, 3.05) is 6.61 Å². The summed E-state index contributed by atoms with van der Waals surface area (Å²) >= 11 is 0. The maximum Gasteiger partial charge on any atom is 0.130 e. The number of rotatable bonds is 4. The molecule has 3 heteroatoms. The highest BCUT2D eigenvalue weighted by atomic mass is 16.6. The average Bonchev–Trinajstić information content (AvgIpc) is 2.44. The second kappa shape index (κ2) is 5.19. The molecule has 3 unspecified atom stereocenters. The molecule has 3 atom stereocenters. The van der Waals surface area contributed by atoms with Crippen LogP contribution in [-0.2, 0) is 4.74 Å². The third kappa shape index (κ3) is 2.44. The zero-order chi connectivity index (χ0) is 13.2. The zero-order valence-electron chi connectivity index (χ0n) is 11.0. The van der Waals surface area contributed by atoms with Crippen LogP contribution < -0.4 is 4.74 Å². The average molecular weight is 258 g/mol. The molecule has 3 rings (SSSR count). The Bertz CT molecular complexity index is 567. The van der Waals surface area contributed by atoms with E-state index in [0.717, 1.165) is 11.1 Å². The largest absolute Gasteiger partial charge is 0.487 e. The molecule has 0 aliphatic heterocycles. The van der Waals surface area contributed by atoms with Gasteiger partial charge in [-0.1, -0.05) is 30.3 Å². The summed E-state index contributed by atoms with van der Waals surface area (Å²) in [4.78, 5) is 0. The summed E-state index contributed by atoms with van der Waals surface area (Å²) in [5, 5.41) is 12.0. The summed E-state index contributed by atoms with van der Waals surface area (Å²) < 4.78 is 11.4. The van der Waals surface area contributed by atoms with Crippen LogP contribution in [0.25, 0.3) is 10.8 Å². The second-order valence-electron chi connectivity index (χ2n) is 4.89. The molecule has 1 fully saturated rings. The van der Waals surface area contributed by atoms with E-state index >= 15 is 0 Å². The SMILES string of the molecule is CCOC1C(O)CC1Oc1ccc2ccccc2c1. The van der Waals surface area contributed by atoms with Crippen LogP contribution in [0.4, 0.5) is 0 Å². The predicted molar refractivity (Wildman–Crippen MR) is 74.4 cm³/mol. The van der Waals surface area contributed by atoms with Gasteiger partial charge in [0.25, 0.3) is 0 Å². The van der Waals surface area contributed by atoms with Crippen molar-refractivity contribution in [3.05, 3.63) is 42.5 Å². The van der Waals surface area contributed by atoms with Crippen molar-refractivity contribution in [2.45, 2.75) is 31.7 Å². The molecule has 2 aromatic rings. The van der Waals surface area contributed by atoms with Crippen molar-refractivity contribution in [1.82, 2.24) is 0 Å². The summed E-state index contributed by atoms with van der Waals surface area (Å²) in [7, 11) is 0. The minimum absolute atomic E-state index is 0.0453. The Morgan fingerprint density at radius 3 is 2.68 bits per heavy atom. The molecule has 1 aliphatic rings. The third-order valence-electron chi connectivity index (χ3n) is 3.59. The van der Waals surface area contributed by atoms with E-state index in [0.29, 0.717) is 13.0 Å². The summed E-state index contributed by atoms with van der Waals surface area (Å²) in [5.41, 5.74) is 0. The molecule has 0 spiro atoms. The van der Waals surface area contributed by atoms with Gasteiger partial charge in [0.05, 0.1) is 6.10 Å². The molecule has 3 nitrogen and oxygen atoms in total. The predicted octanol–water partition coefficient (Wildman–Crippen LogP) is 2.76. The molecule has 0 saturated heterocycles. The normalized spacial score (nSPS) is 26.1. The van der Waals surface area contributed by atoms with Gasteiger partial charge in [0.15, 0.2) is 0 Å². The topological polar surface area (TPSA) is 38.7 Å². The second-order valence-corrected chi connectivity index (χ2v) is 4.89. The number of hydrogen-bond acceptors (Lipinski definition) is 3. The van der Waals surface area contributed by atoms with Crippen molar-refractivity contribution in [2.24, 2.45) is 0 Å². The fourth-order valence-electron chi connectivity index (χ4n) is 2.50. The molecule has 0 amide bonds. The number of aliphatic hydroxyl groups is 1. The maximum atomic E-state index is 9.65. The third-order valence-corrected chi connectivity index (χ3v) is 3.59. The molecular formula is C16H18O3. The van der Waals surface area contributed by atoms with Crippen LogP contribution in [-0.4, -0.2) is 30.0 Å². The van der Waals surface area contributed by atoms with Crippen molar-refractivity contribution in [3.63, 3.8) is 0 Å². The molecule has 0 aromatic heterocycles. The van der Waals surface area contributed by atoms with Gasteiger partial charge in [0.2, 0.25) is 0 Å². The quantitative estimate of drug-likeness (QED) is 0.916. The van der Waals surface area contributed by atoms with Crippen molar-refractivity contribution >= 4 is 10.8 Å². The highest BCUT2D eigenvalue weighted by molar-refractivity contribution is 5.83. The van der Waals surface area contributed by atoms with E-state index in [-0.39, 0.29) is 12.2 Å². The molecule has 2 aromatic carbocycles. The first-order valence-electron chi connectivity index (χ1n) is 6.73. The van der Waals surface area contributed by atoms with Gasteiger partial charge in [-0.3, -0.25) is 0 Å². The van der Waals surface area contributed by atoms with Crippen LogP contribution >= 0.6 is 0 Å². The van der Waals surface area contributed by atoms with E-state index < -0.39 is 6.10 Å². The highest BCUT2D eigenvalue weighted by Crippen LogP contribution is 2.30. The molecule has 1 N–H and O–H groups in total. The minimum Gasteiger partial charge on any atom is -0.487 e. The Hall–Kier alpha value is -1.58. The van der Waals surface area contributed by atoms with Gasteiger partial charge < -0.3 is 14.6 Å². The van der Waals surface area contributed by atoms with Crippen molar-refractivity contribution in [1.29, 1.82) is 0 Å². The maximum absolute atomic E-state index is 9.65. The van der Waals surface area contributed by atoms with Gasteiger partial charge in [-0.2, -0.15) is 0 Å². The Balaban J connectivity index is 1.75. The van der Waals surface area contributed by atoms with Crippen LogP contribution in [0, 0.1) is 0 Å². The van der Waals surface area contributed by atoms with E-state index in [1.165, 1.54) is 5.39 Å². The van der Waals surface area contributed by atoms with Gasteiger partial charge in [0, 0.05) is 13.0 Å². The smallest absolute Gasteiger partial charge is 0.130 e. The number of ether oxygens (including phenoxy) is 2. The fourth-order valence-corrected chi connectivity index (χ4v) is 2.50. The highest BCUT2D eigenvalue weighted by Gasteiger charge is 2.42. The van der Waals surface area contributed by atoms with E-state index in [1.54, 1.807) is 0 Å². The van der Waals surface area contributed by atoms with E-state index in [4.69, 9.17) is 9.47 Å². The van der Waals surface area contributed by atoms with Crippen LogP contribution in [0.3, 0.4) is 0 Å². The standard InChI is InChI=1S/C16H18O3/c1-2-18-16-14(17)10-15(16)19-13-8-7-11-5-3-4-6-12(11)9-13/h3-9,14-17H,2,10H2,1H3. The molecule has 0 heterocycles. The van der Waals surface area contributed by atoms with Crippen molar-refractivity contribution < 1.29 is 14.6 Å². The van der Waals surface area contributed by atoms with Crippen molar-refractivity contribution in [3.8, 4) is 5.75 Å². The summed E-state index contributed by atoms with van der Waals surface area (Å²) in [6, 6.07) is 14.2. The van der Waals surface area contributed by atoms with E-state index in [9.17, 15) is 5.11 Å². The number of hydrogen-bond donors (Lipinski definition) is 1. The summed E-state index contributed by atoms with van der Waals surface area (Å²) in [6.45, 7) is 2.53. The molecule has 0 radical (unpaired) electrons. The lowest BCUT2D eigenvalue weighted by molar-refractivity contribution is -0.160. The molecule has 1 saturated carbocycles. The fraction of sp³-hybridized carbons (Fsp3) is 0.375. The summed E-state index contributed by atoms with van der Waals surface area (Å²) in [5.74, 6) is 0.834. The van der Waals surface area contributed by atoms with Gasteiger partial charge in [-0.25, -0.2) is 0 Å². The zero-order valence-corrected chi connectivity index (χ0v) is 11.0. The Morgan fingerprint density at radius 1 is 1.16 bits per heavy atom. The van der Waals surface area contributed by atoms with E-state index in [2.05, 4.69) is 18.2 Å². The monoisotopic (exact) mass is 258 g/mol. The van der Waals surface area contributed by atoms with Crippen LogP contribution in [0.5, 0.6) is 5.75 Å². The molecule has 19 heavy (non-hydrogen) atoms. The Morgan fingerprint density at radius 2 is 1.95 bits per heavy atom. The molecular weight excluding hydrogens is 240 g/mol. The lowest BCUT2D eigenvalue weighted by Crippen LogP contribution is -2.55. The number of fused-ring (bicyclic) bond motifs is 1. The van der Waals surface area contributed by atoms with Gasteiger partial charge in [-0.05, 0) is 29.8 Å². The Kier molecular flexibility index (Phi) is 3.40. The molecule has 100 valence electrons. The Labute approximate surface area is 112 Å². The first kappa shape index (κ1) is 12.5. The number of aliphatic hydroxyl groups excluding tert-OH is 1. The van der Waals surface area contributed by atoms with Crippen LogP contribution in [0.15, 0.2) is 42.5 Å². The summed E-state index contributed by atoms with van der Waals surface area (Å²) in [6.07, 6.45) is -0.00435. The van der Waals surface area contributed by atoms with E-state index in [1.807, 2.05) is 31.2 Å². The minimum atomic E-state index is -0.398. The lowest BCUT2D eigenvalue weighted by Gasteiger charge is -2.40. The van der Waals surface area contributed by atoms with Gasteiger partial charge >= 0.3 is 0 Å². The van der Waals surface area contributed by atoms with Gasteiger partial charge in [-0.15, -0.1) is 0 Å². The molecule has 1 aliphatic carbocycles. The van der Waals surface area contributed by atoms with Gasteiger partial charge in [0.1, 0.15) is 18.0 Å². The van der Waals surface area contributed by atoms with Crippen LogP contribution in [0.1, 0.15) is 13.3 Å². The first-order valence-corrected chi connectivity index (χ1v) is 6.73. The number of benzene rings is 2. The lowest BCUT2D eigenvalue weighted by atomic mass is 9.88. The first-order chi connectivity index (χ1) is 9.28.